The number of carbonyl (C=O) groups excluding carboxylic acids is 3. The Morgan fingerprint density at radius 3 is 2.29 bits per heavy atom. The molecule has 1 heterocycles. The summed E-state index contributed by atoms with van der Waals surface area (Å²) in [7, 11) is 0. The van der Waals surface area contributed by atoms with Crippen LogP contribution in [0, 0.1) is 23.2 Å². The van der Waals surface area contributed by atoms with E-state index >= 15 is 0 Å². The van der Waals surface area contributed by atoms with E-state index in [0.29, 0.717) is 17.0 Å². The molecule has 1 aromatic heterocycles. The first-order valence-electron chi connectivity index (χ1n) is 12.7. The van der Waals surface area contributed by atoms with Crippen molar-refractivity contribution in [2.24, 2.45) is 23.2 Å². The standard InChI is InChI=1S/C28H33NO5S/c1-3-33-27(32)22-12-23(21-7-5-4-6-8-21)35-26(22)29-25(31)17(2)34-24(30)16-28-13-18-9-19(14-28)11-20(10-18)15-28/h4-8,12,17-20H,3,9-11,13-16H2,1-2H3,(H,29,31). The van der Waals surface area contributed by atoms with Gasteiger partial charge in [-0.2, -0.15) is 0 Å². The molecule has 2 aromatic rings. The molecule has 6 rings (SSSR count). The summed E-state index contributed by atoms with van der Waals surface area (Å²) in [5, 5.41) is 3.21. The fourth-order valence-electron chi connectivity index (χ4n) is 6.91. The summed E-state index contributed by atoms with van der Waals surface area (Å²) in [6, 6.07) is 11.4. The van der Waals surface area contributed by atoms with E-state index in [1.807, 2.05) is 30.3 Å². The lowest BCUT2D eigenvalue weighted by atomic mass is 9.49. The van der Waals surface area contributed by atoms with Gasteiger partial charge in [-0.3, -0.25) is 9.59 Å². The van der Waals surface area contributed by atoms with Crippen LogP contribution in [0.5, 0.6) is 0 Å². The molecule has 4 fully saturated rings. The van der Waals surface area contributed by atoms with Crippen LogP contribution in [0.1, 0.15) is 69.2 Å². The smallest absolute Gasteiger partial charge is 0.341 e. The van der Waals surface area contributed by atoms with Crippen LogP contribution >= 0.6 is 11.3 Å². The van der Waals surface area contributed by atoms with Gasteiger partial charge in [0.1, 0.15) is 5.00 Å². The quantitative estimate of drug-likeness (QED) is 0.450. The van der Waals surface area contributed by atoms with E-state index in [1.54, 1.807) is 19.9 Å². The van der Waals surface area contributed by atoms with Gasteiger partial charge in [-0.05, 0) is 87.2 Å². The molecule has 4 bridgehead atoms. The van der Waals surface area contributed by atoms with Gasteiger partial charge in [0, 0.05) is 4.88 Å². The molecule has 1 N–H and O–H groups in total. The van der Waals surface area contributed by atoms with Crippen LogP contribution in [-0.4, -0.2) is 30.6 Å². The number of ether oxygens (including phenoxy) is 2. The van der Waals surface area contributed by atoms with E-state index in [9.17, 15) is 14.4 Å². The van der Waals surface area contributed by atoms with Crippen LogP contribution in [0.25, 0.3) is 10.4 Å². The molecular weight excluding hydrogens is 462 g/mol. The zero-order valence-corrected chi connectivity index (χ0v) is 21.2. The van der Waals surface area contributed by atoms with Crippen LogP contribution in [0.2, 0.25) is 0 Å². The molecule has 186 valence electrons. The molecule has 1 aromatic carbocycles. The highest BCUT2D eigenvalue weighted by Gasteiger charge is 2.51. The second-order valence-corrected chi connectivity index (χ2v) is 11.7. The second-order valence-electron chi connectivity index (χ2n) is 10.7. The summed E-state index contributed by atoms with van der Waals surface area (Å²) in [6.07, 6.45) is 6.78. The van der Waals surface area contributed by atoms with Crippen molar-refractivity contribution in [2.75, 3.05) is 11.9 Å². The summed E-state index contributed by atoms with van der Waals surface area (Å²) in [5.74, 6) is 1.04. The summed E-state index contributed by atoms with van der Waals surface area (Å²) in [5.41, 5.74) is 1.31. The average molecular weight is 496 g/mol. The Morgan fingerprint density at radius 1 is 1.06 bits per heavy atom. The molecular formula is C28H33NO5S. The van der Waals surface area contributed by atoms with Crippen molar-refractivity contribution in [3.8, 4) is 10.4 Å². The van der Waals surface area contributed by atoms with Crippen molar-refractivity contribution in [1.82, 2.24) is 0 Å². The van der Waals surface area contributed by atoms with E-state index in [2.05, 4.69) is 5.32 Å². The summed E-state index contributed by atoms with van der Waals surface area (Å²) < 4.78 is 10.8. The summed E-state index contributed by atoms with van der Waals surface area (Å²) >= 11 is 1.30. The second kappa shape index (κ2) is 9.76. The largest absolute Gasteiger partial charge is 0.462 e. The molecule has 35 heavy (non-hydrogen) atoms. The lowest BCUT2D eigenvalue weighted by Gasteiger charge is -2.56. The minimum atomic E-state index is -0.950. The van der Waals surface area contributed by atoms with E-state index in [0.717, 1.165) is 47.5 Å². The molecule has 0 radical (unpaired) electrons. The van der Waals surface area contributed by atoms with Crippen LogP contribution in [0.15, 0.2) is 36.4 Å². The monoisotopic (exact) mass is 495 g/mol. The fraction of sp³-hybridized carbons (Fsp3) is 0.536. The number of thiophene rings is 1. The Hall–Kier alpha value is -2.67. The minimum Gasteiger partial charge on any atom is -0.462 e. The molecule has 7 heteroatoms. The van der Waals surface area contributed by atoms with Crippen molar-refractivity contribution < 1.29 is 23.9 Å². The third kappa shape index (κ3) is 5.15. The number of rotatable bonds is 8. The van der Waals surface area contributed by atoms with Crippen molar-refractivity contribution in [3.63, 3.8) is 0 Å². The van der Waals surface area contributed by atoms with Crippen LogP contribution in [0.3, 0.4) is 0 Å². The zero-order valence-electron chi connectivity index (χ0n) is 20.4. The molecule has 1 amide bonds. The number of nitrogens with one attached hydrogen (secondary N) is 1. The number of esters is 2. The molecule has 4 aliphatic rings. The maximum Gasteiger partial charge on any atom is 0.341 e. The van der Waals surface area contributed by atoms with Gasteiger partial charge >= 0.3 is 11.9 Å². The number of anilines is 1. The fourth-order valence-corrected chi connectivity index (χ4v) is 7.96. The topological polar surface area (TPSA) is 81.7 Å². The van der Waals surface area contributed by atoms with Gasteiger partial charge < -0.3 is 14.8 Å². The Balaban J connectivity index is 1.24. The number of hydrogen-bond donors (Lipinski definition) is 1. The molecule has 4 saturated carbocycles. The lowest BCUT2D eigenvalue weighted by molar-refractivity contribution is -0.160. The highest BCUT2D eigenvalue weighted by molar-refractivity contribution is 7.20. The first-order chi connectivity index (χ1) is 16.8. The molecule has 4 aliphatic carbocycles. The van der Waals surface area contributed by atoms with Crippen LogP contribution < -0.4 is 5.32 Å². The first-order valence-corrected chi connectivity index (χ1v) is 13.5. The van der Waals surface area contributed by atoms with Gasteiger partial charge in [0.15, 0.2) is 6.10 Å². The highest BCUT2D eigenvalue weighted by atomic mass is 32.1. The average Bonchev–Trinajstić information content (AvgIpc) is 3.22. The predicted octanol–water partition coefficient (Wildman–Crippen LogP) is 6.07. The van der Waals surface area contributed by atoms with Crippen molar-refractivity contribution >= 4 is 34.2 Å². The van der Waals surface area contributed by atoms with Crippen molar-refractivity contribution in [1.29, 1.82) is 0 Å². The maximum absolute atomic E-state index is 13.0. The van der Waals surface area contributed by atoms with Gasteiger partial charge in [0.2, 0.25) is 0 Å². The van der Waals surface area contributed by atoms with Gasteiger partial charge in [0.05, 0.1) is 18.6 Å². The molecule has 6 nitrogen and oxygen atoms in total. The lowest BCUT2D eigenvalue weighted by Crippen LogP contribution is -2.47. The predicted molar refractivity (Wildman–Crippen MR) is 135 cm³/mol. The number of hydrogen-bond acceptors (Lipinski definition) is 6. The van der Waals surface area contributed by atoms with Crippen molar-refractivity contribution in [2.45, 2.75) is 64.9 Å². The Morgan fingerprint density at radius 2 is 1.69 bits per heavy atom. The Bertz CT molecular complexity index is 1070. The summed E-state index contributed by atoms with van der Waals surface area (Å²) in [4.78, 5) is 39.2. The van der Waals surface area contributed by atoms with E-state index in [4.69, 9.17) is 9.47 Å². The third-order valence-corrected chi connectivity index (χ3v) is 8.98. The van der Waals surface area contributed by atoms with Crippen LogP contribution in [0.4, 0.5) is 5.00 Å². The minimum absolute atomic E-state index is 0.0669. The van der Waals surface area contributed by atoms with Crippen molar-refractivity contribution in [3.05, 3.63) is 42.0 Å². The molecule has 0 spiro atoms. The first kappa shape index (κ1) is 24.0. The Labute approximate surface area is 210 Å². The van der Waals surface area contributed by atoms with Gasteiger partial charge in [-0.25, -0.2) is 4.79 Å². The zero-order chi connectivity index (χ0) is 24.6. The van der Waals surface area contributed by atoms with Gasteiger partial charge in [-0.15, -0.1) is 11.3 Å². The molecule has 1 unspecified atom stereocenters. The number of benzene rings is 1. The normalized spacial score (nSPS) is 27.3. The van der Waals surface area contributed by atoms with Gasteiger partial charge in [-0.1, -0.05) is 30.3 Å². The summed E-state index contributed by atoms with van der Waals surface area (Å²) in [6.45, 7) is 3.57. The van der Waals surface area contributed by atoms with E-state index < -0.39 is 18.0 Å². The molecule has 1 atom stereocenters. The number of carbonyl (C=O) groups is 3. The molecule has 0 aliphatic heterocycles. The van der Waals surface area contributed by atoms with E-state index in [-0.39, 0.29) is 18.0 Å². The number of amides is 1. The maximum atomic E-state index is 13.0. The SMILES string of the molecule is CCOC(=O)c1cc(-c2ccccc2)sc1NC(=O)C(C)OC(=O)CC12CC3CC(CC(C3)C1)C2. The van der Waals surface area contributed by atoms with Crippen LogP contribution in [-0.2, 0) is 19.1 Å². The Kier molecular flexibility index (Phi) is 6.71. The van der Waals surface area contributed by atoms with Gasteiger partial charge in [0.25, 0.3) is 5.91 Å². The van der Waals surface area contributed by atoms with E-state index in [1.165, 1.54) is 30.6 Å². The highest BCUT2D eigenvalue weighted by Crippen LogP contribution is 2.61. The molecule has 0 saturated heterocycles. The third-order valence-electron chi connectivity index (χ3n) is 7.88.